The summed E-state index contributed by atoms with van der Waals surface area (Å²) in [4.78, 5) is 22.6. The van der Waals surface area contributed by atoms with Gasteiger partial charge < -0.3 is 19.7 Å². The average molecular weight is 366 g/mol. The van der Waals surface area contributed by atoms with Crippen LogP contribution in [-0.2, 0) is 4.79 Å². The molecule has 0 unspecified atom stereocenters. The number of carbonyl (C=O) groups is 1. The summed E-state index contributed by atoms with van der Waals surface area (Å²) in [5.41, 5.74) is 2.83. The van der Waals surface area contributed by atoms with E-state index in [9.17, 15) is 15.0 Å². The average Bonchev–Trinajstić information content (AvgIpc) is 3.06. The van der Waals surface area contributed by atoms with Gasteiger partial charge in [-0.15, -0.1) is 0 Å². The molecular formula is C20H22N4O3. The molecule has 0 saturated heterocycles. The van der Waals surface area contributed by atoms with Gasteiger partial charge in [0.05, 0.1) is 23.8 Å². The second-order valence-electron chi connectivity index (χ2n) is 6.54. The van der Waals surface area contributed by atoms with E-state index in [4.69, 9.17) is 0 Å². The maximum atomic E-state index is 11.8. The van der Waals surface area contributed by atoms with Crippen LogP contribution in [0.3, 0.4) is 0 Å². The third kappa shape index (κ3) is 3.68. The van der Waals surface area contributed by atoms with Crippen LogP contribution in [0, 0.1) is 0 Å². The number of aliphatic carboxylic acids is 1. The molecule has 2 atom stereocenters. The van der Waals surface area contributed by atoms with E-state index in [-0.39, 0.29) is 0 Å². The second-order valence-corrected chi connectivity index (χ2v) is 6.54. The molecule has 7 heteroatoms. The minimum atomic E-state index is -1.15. The zero-order valence-electron chi connectivity index (χ0n) is 15.4. The number of anilines is 1. The summed E-state index contributed by atoms with van der Waals surface area (Å²) in [6.07, 6.45) is 2.06. The molecule has 0 bridgehead atoms. The molecule has 2 heterocycles. The molecule has 0 aliphatic carbocycles. The predicted octanol–water partition coefficient (Wildman–Crippen LogP) is 2.68. The lowest BCUT2D eigenvalue weighted by molar-refractivity contribution is -0.144. The van der Waals surface area contributed by atoms with Gasteiger partial charge in [0, 0.05) is 31.4 Å². The summed E-state index contributed by atoms with van der Waals surface area (Å²) in [6, 6.07) is 12.1. The number of pyridine rings is 1. The molecule has 0 amide bonds. The summed E-state index contributed by atoms with van der Waals surface area (Å²) in [5, 5.41) is 19.7. The molecule has 0 radical (unpaired) electrons. The van der Waals surface area contributed by atoms with Gasteiger partial charge in [0.2, 0.25) is 0 Å². The molecule has 2 N–H and O–H groups in total. The van der Waals surface area contributed by atoms with Crippen molar-refractivity contribution in [1.82, 2.24) is 14.5 Å². The topological polar surface area (TPSA) is 91.5 Å². The van der Waals surface area contributed by atoms with Crippen molar-refractivity contribution in [3.05, 3.63) is 55.0 Å². The third-order valence-corrected chi connectivity index (χ3v) is 4.33. The number of aromatic nitrogens is 3. The minimum Gasteiger partial charge on any atom is -0.480 e. The maximum absolute atomic E-state index is 11.8. The third-order valence-electron chi connectivity index (χ3n) is 4.33. The number of benzene rings is 1. The van der Waals surface area contributed by atoms with Crippen molar-refractivity contribution in [3.63, 3.8) is 0 Å². The highest BCUT2D eigenvalue weighted by Crippen LogP contribution is 2.34. The minimum absolute atomic E-state index is 0.604. The fourth-order valence-electron chi connectivity index (χ4n) is 3.01. The van der Waals surface area contributed by atoms with Gasteiger partial charge in [0.1, 0.15) is 5.82 Å². The van der Waals surface area contributed by atoms with E-state index in [1.165, 1.54) is 17.8 Å². The number of carboxylic acids is 1. The monoisotopic (exact) mass is 366 g/mol. The molecule has 0 fully saturated rings. The van der Waals surface area contributed by atoms with Crippen LogP contribution in [0.1, 0.15) is 13.0 Å². The number of hydrogen-bond acceptors (Lipinski definition) is 5. The summed E-state index contributed by atoms with van der Waals surface area (Å²) < 4.78 is 1.50. The van der Waals surface area contributed by atoms with E-state index < -0.39 is 18.1 Å². The molecule has 140 valence electrons. The van der Waals surface area contributed by atoms with E-state index in [1.807, 2.05) is 61.5 Å². The van der Waals surface area contributed by atoms with Crippen LogP contribution < -0.4 is 4.90 Å². The Balaban J connectivity index is 2.21. The highest BCUT2D eigenvalue weighted by atomic mass is 16.4. The van der Waals surface area contributed by atoms with Gasteiger partial charge in [-0.1, -0.05) is 30.3 Å². The zero-order chi connectivity index (χ0) is 19.6. The summed E-state index contributed by atoms with van der Waals surface area (Å²) in [6.45, 7) is 1.46. The van der Waals surface area contributed by atoms with Crippen molar-refractivity contribution in [3.8, 4) is 22.5 Å². The largest absolute Gasteiger partial charge is 0.480 e. The first-order valence-corrected chi connectivity index (χ1v) is 8.57. The summed E-state index contributed by atoms with van der Waals surface area (Å²) >= 11 is 0. The van der Waals surface area contributed by atoms with E-state index in [2.05, 4.69) is 9.97 Å². The SMILES string of the molecule is C[C@H](O)[C@H](C(=O)O)n1cnc(-c2ccccc2)c1-c1ccc(N(C)C)nc1. The van der Waals surface area contributed by atoms with E-state index >= 15 is 0 Å². The lowest BCUT2D eigenvalue weighted by atomic mass is 10.0. The van der Waals surface area contributed by atoms with Crippen molar-refractivity contribution in [2.75, 3.05) is 19.0 Å². The van der Waals surface area contributed by atoms with Crippen molar-refractivity contribution in [1.29, 1.82) is 0 Å². The number of imidazole rings is 1. The normalized spacial score (nSPS) is 13.2. The molecule has 2 aromatic heterocycles. The summed E-state index contributed by atoms with van der Waals surface area (Å²) in [7, 11) is 3.80. The van der Waals surface area contributed by atoms with Crippen LogP contribution in [0.25, 0.3) is 22.5 Å². The fraction of sp³-hybridized carbons (Fsp3) is 0.250. The Morgan fingerprint density at radius 2 is 1.78 bits per heavy atom. The summed E-state index contributed by atoms with van der Waals surface area (Å²) in [5.74, 6) is -0.336. The highest BCUT2D eigenvalue weighted by molar-refractivity contribution is 5.81. The first-order valence-electron chi connectivity index (χ1n) is 8.57. The number of nitrogens with zero attached hydrogens (tertiary/aromatic N) is 4. The van der Waals surface area contributed by atoms with Gasteiger partial charge in [-0.2, -0.15) is 0 Å². The van der Waals surface area contributed by atoms with Crippen molar-refractivity contribution < 1.29 is 15.0 Å². The lowest BCUT2D eigenvalue weighted by Crippen LogP contribution is -2.29. The van der Waals surface area contributed by atoms with Gasteiger partial charge in [-0.3, -0.25) is 0 Å². The Morgan fingerprint density at radius 1 is 1.07 bits per heavy atom. The Kier molecular flexibility index (Phi) is 5.23. The first kappa shape index (κ1) is 18.6. The Labute approximate surface area is 157 Å². The number of hydrogen-bond donors (Lipinski definition) is 2. The van der Waals surface area contributed by atoms with Crippen molar-refractivity contribution >= 4 is 11.8 Å². The van der Waals surface area contributed by atoms with Gasteiger partial charge >= 0.3 is 5.97 Å². The number of rotatable bonds is 6. The van der Waals surface area contributed by atoms with Crippen LogP contribution in [0.5, 0.6) is 0 Å². The van der Waals surface area contributed by atoms with Crippen molar-refractivity contribution in [2.45, 2.75) is 19.1 Å². The molecule has 3 aromatic rings. The fourth-order valence-corrected chi connectivity index (χ4v) is 3.01. The molecule has 27 heavy (non-hydrogen) atoms. The molecule has 0 aliphatic heterocycles. The van der Waals surface area contributed by atoms with E-state index in [1.54, 1.807) is 6.20 Å². The Hall–Kier alpha value is -3.19. The van der Waals surface area contributed by atoms with Gasteiger partial charge in [0.25, 0.3) is 0 Å². The molecule has 3 rings (SSSR count). The second kappa shape index (κ2) is 7.59. The predicted molar refractivity (Wildman–Crippen MR) is 104 cm³/mol. The van der Waals surface area contributed by atoms with Crippen LogP contribution in [0.2, 0.25) is 0 Å². The smallest absolute Gasteiger partial charge is 0.329 e. The molecule has 0 saturated carbocycles. The van der Waals surface area contributed by atoms with Crippen LogP contribution in [0.15, 0.2) is 55.0 Å². The highest BCUT2D eigenvalue weighted by Gasteiger charge is 2.29. The Bertz CT molecular complexity index is 918. The van der Waals surface area contributed by atoms with E-state index in [0.717, 1.165) is 16.9 Å². The van der Waals surface area contributed by atoms with Gasteiger partial charge in [-0.25, -0.2) is 14.8 Å². The van der Waals surface area contributed by atoms with Crippen molar-refractivity contribution in [2.24, 2.45) is 0 Å². The van der Waals surface area contributed by atoms with Crippen LogP contribution in [-0.4, -0.2) is 50.9 Å². The zero-order valence-corrected chi connectivity index (χ0v) is 15.4. The number of aliphatic hydroxyl groups is 1. The standard InChI is InChI=1S/C20H22N4O3/c1-13(25)18(20(26)27)24-12-22-17(14-7-5-4-6-8-14)19(24)15-9-10-16(21-11-15)23(2)3/h4-13,18,25H,1-3H3,(H,26,27)/t13-,18+/m0/s1. The molecule has 0 spiro atoms. The first-order chi connectivity index (χ1) is 12.9. The maximum Gasteiger partial charge on any atom is 0.329 e. The van der Waals surface area contributed by atoms with Gasteiger partial charge in [0.15, 0.2) is 6.04 Å². The van der Waals surface area contributed by atoms with Crippen LogP contribution >= 0.6 is 0 Å². The Morgan fingerprint density at radius 3 is 2.30 bits per heavy atom. The van der Waals surface area contributed by atoms with Crippen LogP contribution in [0.4, 0.5) is 5.82 Å². The number of aliphatic hydroxyl groups excluding tert-OH is 1. The molecule has 7 nitrogen and oxygen atoms in total. The van der Waals surface area contributed by atoms with Gasteiger partial charge in [-0.05, 0) is 19.1 Å². The van der Waals surface area contributed by atoms with E-state index in [0.29, 0.717) is 11.4 Å². The quantitative estimate of drug-likeness (QED) is 0.697. The molecular weight excluding hydrogens is 344 g/mol. The molecule has 0 aliphatic rings. The lowest BCUT2D eigenvalue weighted by Gasteiger charge is -2.20. The molecule has 1 aromatic carbocycles. The number of carboxylic acid groups (broad SMARTS) is 1.